The lowest BCUT2D eigenvalue weighted by Gasteiger charge is -2.47. The predicted molar refractivity (Wildman–Crippen MR) is 95.4 cm³/mol. The summed E-state index contributed by atoms with van der Waals surface area (Å²) in [6.07, 6.45) is 5.99. The molecule has 3 rings (SSSR count). The summed E-state index contributed by atoms with van der Waals surface area (Å²) in [5, 5.41) is 6.05. The molecule has 2 N–H and O–H groups in total. The highest BCUT2D eigenvalue weighted by atomic mass is 16.5. The number of piperidine rings is 2. The Labute approximate surface area is 144 Å². The molecule has 0 aromatic heterocycles. The molecule has 1 unspecified atom stereocenters. The van der Waals surface area contributed by atoms with Crippen LogP contribution >= 0.6 is 0 Å². The van der Waals surface area contributed by atoms with Gasteiger partial charge in [-0.2, -0.15) is 0 Å². The molecule has 0 spiro atoms. The van der Waals surface area contributed by atoms with E-state index in [1.54, 1.807) is 0 Å². The molecule has 132 valence electrons. The Morgan fingerprint density at radius 3 is 2.75 bits per heavy atom. The number of urea groups is 1. The first-order valence-corrected chi connectivity index (χ1v) is 9.07. The average Bonchev–Trinajstić information content (AvgIpc) is 2.53. The number of benzene rings is 1. The quantitative estimate of drug-likeness (QED) is 0.816. The van der Waals surface area contributed by atoms with Crippen molar-refractivity contribution in [1.29, 1.82) is 0 Å². The third-order valence-corrected chi connectivity index (χ3v) is 5.32. The lowest BCUT2D eigenvalue weighted by atomic mass is 9.82. The molecule has 0 radical (unpaired) electrons. The summed E-state index contributed by atoms with van der Waals surface area (Å²) < 4.78 is 5.65. The number of ether oxygens (including phenoxy) is 1. The number of aryl methyl sites for hydroxylation is 1. The standard InChI is InChI=1S/C19H29N3O2/c1-14-5-3-8-18(11-14)24-10-9-20-19(23)21-15-12-16-6-4-7-17(13-15)22(16)2/h3,5,8,11,15-17H,4,6-7,9-10,12-13H2,1-2H3,(H2,20,21,23)/t15?,16-,17+. The van der Waals surface area contributed by atoms with Crippen LogP contribution in [0.3, 0.4) is 0 Å². The molecule has 2 aliphatic heterocycles. The highest BCUT2D eigenvalue weighted by molar-refractivity contribution is 5.74. The summed E-state index contributed by atoms with van der Waals surface area (Å²) >= 11 is 0. The van der Waals surface area contributed by atoms with Crippen LogP contribution in [-0.2, 0) is 0 Å². The number of fused-ring (bicyclic) bond motifs is 2. The fourth-order valence-electron chi connectivity index (χ4n) is 4.01. The van der Waals surface area contributed by atoms with Gasteiger partial charge in [0.2, 0.25) is 0 Å². The lowest BCUT2D eigenvalue weighted by Crippen LogP contribution is -2.56. The van der Waals surface area contributed by atoms with Crippen molar-refractivity contribution in [3.63, 3.8) is 0 Å². The minimum atomic E-state index is -0.0736. The summed E-state index contributed by atoms with van der Waals surface area (Å²) in [4.78, 5) is 14.6. The van der Waals surface area contributed by atoms with Crippen LogP contribution in [0.25, 0.3) is 0 Å². The van der Waals surface area contributed by atoms with E-state index in [2.05, 4.69) is 22.6 Å². The van der Waals surface area contributed by atoms with E-state index in [1.165, 1.54) is 24.8 Å². The first-order valence-electron chi connectivity index (χ1n) is 9.07. The van der Waals surface area contributed by atoms with Gasteiger partial charge < -0.3 is 20.3 Å². The molecule has 0 saturated carbocycles. The number of hydrogen-bond donors (Lipinski definition) is 2. The van der Waals surface area contributed by atoms with E-state index in [9.17, 15) is 4.79 Å². The molecule has 2 aliphatic rings. The number of rotatable bonds is 5. The Morgan fingerprint density at radius 1 is 1.29 bits per heavy atom. The molecule has 3 atom stereocenters. The van der Waals surface area contributed by atoms with Crippen LogP contribution in [0.2, 0.25) is 0 Å². The van der Waals surface area contributed by atoms with Crippen molar-refractivity contribution in [3.05, 3.63) is 29.8 Å². The van der Waals surface area contributed by atoms with Crippen molar-refractivity contribution in [2.75, 3.05) is 20.2 Å². The molecule has 5 nitrogen and oxygen atoms in total. The van der Waals surface area contributed by atoms with E-state index in [-0.39, 0.29) is 6.03 Å². The number of nitrogens with zero attached hydrogens (tertiary/aromatic N) is 1. The molecule has 24 heavy (non-hydrogen) atoms. The molecule has 2 saturated heterocycles. The zero-order valence-corrected chi connectivity index (χ0v) is 14.8. The van der Waals surface area contributed by atoms with Gasteiger partial charge in [0, 0.05) is 18.1 Å². The highest BCUT2D eigenvalue weighted by Crippen LogP contribution is 2.32. The van der Waals surface area contributed by atoms with Crippen molar-refractivity contribution in [3.8, 4) is 5.75 Å². The first kappa shape index (κ1) is 17.1. The van der Waals surface area contributed by atoms with E-state index in [0.29, 0.717) is 31.3 Å². The van der Waals surface area contributed by atoms with Crippen LogP contribution in [0.4, 0.5) is 4.79 Å². The van der Waals surface area contributed by atoms with E-state index in [0.717, 1.165) is 18.6 Å². The minimum absolute atomic E-state index is 0.0736. The molecule has 2 fully saturated rings. The molecule has 0 aliphatic carbocycles. The fraction of sp³-hybridized carbons (Fsp3) is 0.632. The van der Waals surface area contributed by atoms with Crippen LogP contribution in [0.1, 0.15) is 37.7 Å². The van der Waals surface area contributed by atoms with E-state index >= 15 is 0 Å². The van der Waals surface area contributed by atoms with Gasteiger partial charge in [0.15, 0.2) is 0 Å². The number of carbonyl (C=O) groups excluding carboxylic acids is 1. The Bertz CT molecular complexity index is 549. The maximum absolute atomic E-state index is 12.1. The van der Waals surface area contributed by atoms with Gasteiger partial charge >= 0.3 is 6.03 Å². The topological polar surface area (TPSA) is 53.6 Å². The van der Waals surface area contributed by atoms with Crippen LogP contribution < -0.4 is 15.4 Å². The largest absolute Gasteiger partial charge is 0.492 e. The van der Waals surface area contributed by atoms with E-state index < -0.39 is 0 Å². The molecule has 2 amide bonds. The molecule has 2 bridgehead atoms. The smallest absolute Gasteiger partial charge is 0.315 e. The minimum Gasteiger partial charge on any atom is -0.492 e. The normalized spacial score (nSPS) is 26.7. The van der Waals surface area contributed by atoms with Crippen molar-refractivity contribution in [2.24, 2.45) is 0 Å². The average molecular weight is 331 g/mol. The van der Waals surface area contributed by atoms with Gasteiger partial charge in [0.25, 0.3) is 0 Å². The van der Waals surface area contributed by atoms with Gasteiger partial charge in [0.1, 0.15) is 12.4 Å². The Balaban J connectivity index is 1.35. The van der Waals surface area contributed by atoms with E-state index in [4.69, 9.17) is 4.74 Å². The maximum Gasteiger partial charge on any atom is 0.315 e. The zero-order valence-electron chi connectivity index (χ0n) is 14.8. The first-order chi connectivity index (χ1) is 11.6. The summed E-state index contributed by atoms with van der Waals surface area (Å²) in [6.45, 7) is 3.03. The van der Waals surface area contributed by atoms with Crippen molar-refractivity contribution in [2.45, 2.75) is 57.2 Å². The molecule has 1 aromatic carbocycles. The third kappa shape index (κ3) is 4.41. The number of carbonyl (C=O) groups is 1. The number of hydrogen-bond acceptors (Lipinski definition) is 3. The van der Waals surface area contributed by atoms with Crippen LogP contribution in [0, 0.1) is 6.92 Å². The van der Waals surface area contributed by atoms with Crippen LogP contribution in [0.15, 0.2) is 24.3 Å². The van der Waals surface area contributed by atoms with Gasteiger partial charge in [-0.25, -0.2) is 4.79 Å². The monoisotopic (exact) mass is 331 g/mol. The second-order valence-electron chi connectivity index (χ2n) is 7.14. The highest BCUT2D eigenvalue weighted by Gasteiger charge is 2.36. The van der Waals surface area contributed by atoms with Crippen molar-refractivity contribution >= 4 is 6.03 Å². The summed E-state index contributed by atoms with van der Waals surface area (Å²) in [7, 11) is 2.23. The summed E-state index contributed by atoms with van der Waals surface area (Å²) in [5.41, 5.74) is 1.17. The maximum atomic E-state index is 12.1. The van der Waals surface area contributed by atoms with Gasteiger partial charge in [-0.1, -0.05) is 18.6 Å². The predicted octanol–water partition coefficient (Wildman–Crippen LogP) is 2.69. The molecule has 1 aromatic rings. The molecule has 2 heterocycles. The second-order valence-corrected chi connectivity index (χ2v) is 7.14. The number of amides is 2. The van der Waals surface area contributed by atoms with Crippen molar-refractivity contribution < 1.29 is 9.53 Å². The molecular weight excluding hydrogens is 302 g/mol. The van der Waals surface area contributed by atoms with Gasteiger partial charge in [-0.05, 0) is 57.4 Å². The Morgan fingerprint density at radius 2 is 2.04 bits per heavy atom. The molecule has 5 heteroatoms. The van der Waals surface area contributed by atoms with Crippen molar-refractivity contribution in [1.82, 2.24) is 15.5 Å². The van der Waals surface area contributed by atoms with E-state index in [1.807, 2.05) is 31.2 Å². The van der Waals surface area contributed by atoms with Gasteiger partial charge in [0.05, 0.1) is 6.54 Å². The van der Waals surface area contributed by atoms with Gasteiger partial charge in [-0.15, -0.1) is 0 Å². The fourth-order valence-corrected chi connectivity index (χ4v) is 4.01. The van der Waals surface area contributed by atoms with Gasteiger partial charge in [-0.3, -0.25) is 0 Å². The summed E-state index contributed by atoms with van der Waals surface area (Å²) in [5.74, 6) is 0.848. The zero-order chi connectivity index (χ0) is 16.9. The Kier molecular flexibility index (Phi) is 5.61. The molecular formula is C19H29N3O2. The lowest BCUT2D eigenvalue weighted by molar-refractivity contribution is 0.0509. The third-order valence-electron chi connectivity index (χ3n) is 5.32. The Hall–Kier alpha value is -1.75. The van der Waals surface area contributed by atoms with Crippen LogP contribution in [0.5, 0.6) is 5.75 Å². The summed E-state index contributed by atoms with van der Waals surface area (Å²) in [6, 6.07) is 9.43. The number of nitrogens with one attached hydrogen (secondary N) is 2. The van der Waals surface area contributed by atoms with Crippen LogP contribution in [-0.4, -0.2) is 49.3 Å². The SMILES string of the molecule is Cc1cccc(OCCNC(=O)NC2C[C@H]3CCC[C@@H](C2)N3C)c1. The second kappa shape index (κ2) is 7.88.